The molecule has 238 valence electrons. The Hall–Kier alpha value is -5.12. The molecular formula is C37H39N3O6. The van der Waals surface area contributed by atoms with Crippen molar-refractivity contribution in [2.45, 2.75) is 31.0 Å². The number of benzene rings is 4. The summed E-state index contributed by atoms with van der Waals surface area (Å²) < 4.78 is 23.3. The number of hydrogen-bond acceptors (Lipinski definition) is 8. The van der Waals surface area contributed by atoms with Gasteiger partial charge in [-0.15, -0.1) is 0 Å². The predicted octanol–water partition coefficient (Wildman–Crippen LogP) is 5.65. The maximum Gasteiger partial charge on any atom is 0.266 e. The topological polar surface area (TPSA) is 111 Å². The Labute approximate surface area is 269 Å². The van der Waals surface area contributed by atoms with E-state index in [2.05, 4.69) is 10.9 Å². The molecule has 9 nitrogen and oxygen atoms in total. The lowest BCUT2D eigenvalue weighted by Crippen LogP contribution is -2.52. The Morgan fingerprint density at radius 3 is 2.37 bits per heavy atom. The number of rotatable bonds is 15. The molecule has 4 aromatic rings. The minimum atomic E-state index is -1.34. The molecule has 0 saturated heterocycles. The molecule has 3 N–H and O–H groups in total. The van der Waals surface area contributed by atoms with E-state index in [9.17, 15) is 4.79 Å². The zero-order valence-electron chi connectivity index (χ0n) is 26.0. The molecular weight excluding hydrogens is 582 g/mol. The summed E-state index contributed by atoms with van der Waals surface area (Å²) in [5.41, 5.74) is 8.01. The van der Waals surface area contributed by atoms with Gasteiger partial charge in [-0.3, -0.25) is 10.2 Å². The number of aliphatic imine (C=N–C) groups is 1. The molecule has 2 atom stereocenters. The molecule has 1 aliphatic rings. The highest BCUT2D eigenvalue weighted by Crippen LogP contribution is 2.43. The zero-order valence-corrected chi connectivity index (χ0v) is 26.0. The summed E-state index contributed by atoms with van der Waals surface area (Å²) in [7, 11) is 3.17. The maximum atomic E-state index is 14.3. The first kappa shape index (κ1) is 32.3. The Kier molecular flexibility index (Phi) is 11.0. The molecule has 0 fully saturated rings. The number of aliphatic hydroxyl groups is 1. The second kappa shape index (κ2) is 15.7. The van der Waals surface area contributed by atoms with Gasteiger partial charge in [-0.25, -0.2) is 10.4 Å². The van der Waals surface area contributed by atoms with E-state index in [4.69, 9.17) is 29.0 Å². The quantitative estimate of drug-likeness (QED) is 0.116. The number of ether oxygens (including phenoxy) is 4. The molecule has 0 aromatic heterocycles. The van der Waals surface area contributed by atoms with Crippen molar-refractivity contribution in [2.75, 3.05) is 27.4 Å². The van der Waals surface area contributed by atoms with Gasteiger partial charge in [0.2, 0.25) is 5.90 Å². The average Bonchev–Trinajstić information content (AvgIpc) is 3.50. The summed E-state index contributed by atoms with van der Waals surface area (Å²) in [6.45, 7) is 0.761. The fraction of sp³-hybridized carbons (Fsp3) is 0.243. The van der Waals surface area contributed by atoms with E-state index in [0.29, 0.717) is 41.7 Å². The van der Waals surface area contributed by atoms with Crippen molar-refractivity contribution in [1.29, 1.82) is 0 Å². The van der Waals surface area contributed by atoms with Crippen molar-refractivity contribution in [1.82, 2.24) is 10.9 Å². The van der Waals surface area contributed by atoms with Gasteiger partial charge in [0.1, 0.15) is 5.75 Å². The predicted molar refractivity (Wildman–Crippen MR) is 178 cm³/mol. The van der Waals surface area contributed by atoms with Crippen molar-refractivity contribution in [3.8, 4) is 17.2 Å². The van der Waals surface area contributed by atoms with Crippen LogP contribution in [-0.4, -0.2) is 49.9 Å². The molecule has 0 radical (unpaired) electrons. The average molecular weight is 622 g/mol. The van der Waals surface area contributed by atoms with Crippen LogP contribution in [0.4, 0.5) is 0 Å². The van der Waals surface area contributed by atoms with Gasteiger partial charge in [0.25, 0.3) is 5.91 Å². The summed E-state index contributed by atoms with van der Waals surface area (Å²) in [6, 6.07) is 32.5. The molecule has 4 aromatic carbocycles. The molecule has 46 heavy (non-hydrogen) atoms. The largest absolute Gasteiger partial charge is 0.494 e. The standard InChI is InChI=1S/C37H39N3O6/c1-43-32-18-9-17-30(33(32)44-2)26-38-40-36(42)37(23-10-14-27-12-5-3-6-13-27)34(28-15-7-4-8-16-28)46-35(39-37)29-19-21-31(22-20-29)45-25-11-24-41/h3-10,12-22,34,38,41H,11,23-26H2,1-2H3,(H,40,42)/b14-10+/t34-,37-/m0/s1. The second-order valence-corrected chi connectivity index (χ2v) is 10.7. The molecule has 1 amide bonds. The Morgan fingerprint density at radius 2 is 1.67 bits per heavy atom. The van der Waals surface area contributed by atoms with E-state index in [1.165, 1.54) is 0 Å². The van der Waals surface area contributed by atoms with Gasteiger partial charge in [-0.2, -0.15) is 0 Å². The van der Waals surface area contributed by atoms with Crippen molar-refractivity contribution in [2.24, 2.45) is 4.99 Å². The normalized spacial score (nSPS) is 17.3. The van der Waals surface area contributed by atoms with Crippen LogP contribution in [0.25, 0.3) is 6.08 Å². The van der Waals surface area contributed by atoms with Gasteiger partial charge in [-0.1, -0.05) is 84.9 Å². The highest BCUT2D eigenvalue weighted by Gasteiger charge is 2.52. The summed E-state index contributed by atoms with van der Waals surface area (Å²) in [6.07, 6.45) is 4.05. The van der Waals surface area contributed by atoms with Crippen LogP contribution in [0.1, 0.15) is 41.2 Å². The van der Waals surface area contributed by atoms with Crippen LogP contribution < -0.4 is 25.1 Å². The third-order valence-electron chi connectivity index (χ3n) is 7.64. The summed E-state index contributed by atoms with van der Waals surface area (Å²) >= 11 is 0. The van der Waals surface area contributed by atoms with Gasteiger partial charge in [0.15, 0.2) is 23.1 Å². The van der Waals surface area contributed by atoms with Crippen molar-refractivity contribution in [3.63, 3.8) is 0 Å². The highest BCUT2D eigenvalue weighted by molar-refractivity contribution is 6.01. The van der Waals surface area contributed by atoms with Crippen LogP contribution in [-0.2, 0) is 16.1 Å². The van der Waals surface area contributed by atoms with E-state index >= 15 is 0 Å². The number of amides is 1. The number of para-hydroxylation sites is 1. The second-order valence-electron chi connectivity index (χ2n) is 10.7. The van der Waals surface area contributed by atoms with Crippen molar-refractivity contribution < 1.29 is 28.8 Å². The molecule has 9 heteroatoms. The van der Waals surface area contributed by atoms with Crippen molar-refractivity contribution >= 4 is 17.9 Å². The lowest BCUT2D eigenvalue weighted by molar-refractivity contribution is -0.129. The molecule has 0 bridgehead atoms. The molecule has 1 heterocycles. The van der Waals surface area contributed by atoms with Gasteiger partial charge in [-0.05, 0) is 41.5 Å². The smallest absolute Gasteiger partial charge is 0.266 e. The minimum Gasteiger partial charge on any atom is -0.494 e. The SMILES string of the molecule is COc1cccc(CNNC(=O)[C@@]2(C/C=C/c3ccccc3)N=C(c3ccc(OCCCO)cc3)O[C@H]2c2ccccc2)c1OC. The van der Waals surface area contributed by atoms with Crippen LogP contribution in [0, 0.1) is 0 Å². The van der Waals surface area contributed by atoms with E-state index in [1.807, 2.05) is 115 Å². The van der Waals surface area contributed by atoms with Crippen LogP contribution >= 0.6 is 0 Å². The third kappa shape index (κ3) is 7.56. The number of hydrazine groups is 1. The lowest BCUT2D eigenvalue weighted by Gasteiger charge is -2.30. The fourth-order valence-electron chi connectivity index (χ4n) is 5.30. The summed E-state index contributed by atoms with van der Waals surface area (Å²) in [5.74, 6) is 1.86. The molecule has 5 rings (SSSR count). The van der Waals surface area contributed by atoms with Crippen LogP contribution in [0.2, 0.25) is 0 Å². The fourth-order valence-corrected chi connectivity index (χ4v) is 5.30. The zero-order chi connectivity index (χ0) is 32.2. The molecule has 0 saturated carbocycles. The van der Waals surface area contributed by atoms with E-state index in [1.54, 1.807) is 14.2 Å². The first-order chi connectivity index (χ1) is 22.6. The van der Waals surface area contributed by atoms with Gasteiger partial charge in [0.05, 0.1) is 20.8 Å². The monoisotopic (exact) mass is 621 g/mol. The molecule has 1 aliphatic heterocycles. The third-order valence-corrected chi connectivity index (χ3v) is 7.64. The van der Waals surface area contributed by atoms with Crippen LogP contribution in [0.15, 0.2) is 114 Å². The number of carbonyl (C=O) groups is 1. The van der Waals surface area contributed by atoms with E-state index < -0.39 is 11.6 Å². The summed E-state index contributed by atoms with van der Waals surface area (Å²) in [4.78, 5) is 19.4. The Morgan fingerprint density at radius 1 is 0.935 bits per heavy atom. The first-order valence-corrected chi connectivity index (χ1v) is 15.2. The maximum absolute atomic E-state index is 14.3. The van der Waals surface area contributed by atoms with E-state index in [0.717, 1.165) is 16.7 Å². The Balaban J connectivity index is 1.47. The molecule has 0 spiro atoms. The highest BCUT2D eigenvalue weighted by atomic mass is 16.5. The lowest BCUT2D eigenvalue weighted by atomic mass is 9.84. The number of aliphatic hydroxyl groups excluding tert-OH is 1. The Bertz CT molecular complexity index is 1630. The first-order valence-electron chi connectivity index (χ1n) is 15.2. The number of carbonyl (C=O) groups excluding carboxylic acids is 1. The van der Waals surface area contributed by atoms with Gasteiger partial charge >= 0.3 is 0 Å². The number of nitrogens with one attached hydrogen (secondary N) is 2. The van der Waals surface area contributed by atoms with Crippen LogP contribution in [0.3, 0.4) is 0 Å². The number of hydrogen-bond donors (Lipinski definition) is 3. The molecule has 0 unspecified atom stereocenters. The summed E-state index contributed by atoms with van der Waals surface area (Å²) in [5, 5.41) is 9.06. The van der Waals surface area contributed by atoms with Gasteiger partial charge in [0, 0.05) is 37.1 Å². The van der Waals surface area contributed by atoms with E-state index in [-0.39, 0.29) is 25.5 Å². The number of nitrogens with zero attached hydrogens (tertiary/aromatic N) is 1. The molecule has 0 aliphatic carbocycles. The minimum absolute atomic E-state index is 0.0639. The van der Waals surface area contributed by atoms with Gasteiger partial charge < -0.3 is 24.1 Å². The van der Waals surface area contributed by atoms with Crippen LogP contribution in [0.5, 0.6) is 17.2 Å². The van der Waals surface area contributed by atoms with Crippen molar-refractivity contribution in [3.05, 3.63) is 131 Å². The number of methoxy groups -OCH3 is 2.